The number of halogens is 2. The number of nitrogens with two attached hydrogens (primary N) is 1. The molecule has 2 aromatic rings. The predicted molar refractivity (Wildman–Crippen MR) is 79.6 cm³/mol. The third-order valence-corrected chi connectivity index (χ3v) is 3.30. The summed E-state index contributed by atoms with van der Waals surface area (Å²) in [4.78, 5) is 22.1. The molecule has 0 bridgehead atoms. The van der Waals surface area contributed by atoms with Gasteiger partial charge in [0.15, 0.2) is 0 Å². The number of carbonyl (C=O) groups excluding carboxylic acids is 1. The standard InChI is InChI=1S/C13H9BrFN3O3/c14-10-6-8(2-4-12(10)18(20)21)17-13(19)9-5-7(15)1-3-11(9)16/h1-6H,16H2,(H,17,19). The first kappa shape index (κ1) is 14.9. The minimum Gasteiger partial charge on any atom is -0.398 e. The predicted octanol–water partition coefficient (Wildman–Crippen LogP) is 3.33. The van der Waals surface area contributed by atoms with Crippen LogP contribution in [0.5, 0.6) is 0 Å². The monoisotopic (exact) mass is 353 g/mol. The van der Waals surface area contributed by atoms with Crippen LogP contribution in [0.25, 0.3) is 0 Å². The summed E-state index contributed by atoms with van der Waals surface area (Å²) in [6.45, 7) is 0. The Morgan fingerprint density at radius 1 is 1.29 bits per heavy atom. The van der Waals surface area contributed by atoms with Crippen LogP contribution in [-0.2, 0) is 0 Å². The average Bonchev–Trinajstić information content (AvgIpc) is 2.41. The molecule has 2 rings (SSSR count). The van der Waals surface area contributed by atoms with Gasteiger partial charge in [0.2, 0.25) is 0 Å². The molecule has 0 atom stereocenters. The summed E-state index contributed by atoms with van der Waals surface area (Å²) in [5.74, 6) is -1.19. The van der Waals surface area contributed by atoms with Crippen LogP contribution in [-0.4, -0.2) is 10.8 Å². The van der Waals surface area contributed by atoms with E-state index in [0.29, 0.717) is 5.69 Å². The molecule has 8 heteroatoms. The van der Waals surface area contributed by atoms with Gasteiger partial charge in [0, 0.05) is 17.4 Å². The van der Waals surface area contributed by atoms with E-state index in [-0.39, 0.29) is 21.4 Å². The van der Waals surface area contributed by atoms with E-state index in [2.05, 4.69) is 21.2 Å². The molecule has 3 N–H and O–H groups in total. The SMILES string of the molecule is Nc1ccc(F)cc1C(=O)Nc1ccc([N+](=O)[O-])c(Br)c1. The molecule has 0 aromatic heterocycles. The van der Waals surface area contributed by atoms with Gasteiger partial charge in [0.25, 0.3) is 11.6 Å². The molecular weight excluding hydrogens is 345 g/mol. The molecular formula is C13H9BrFN3O3. The lowest BCUT2D eigenvalue weighted by atomic mass is 10.1. The Kier molecular flexibility index (Phi) is 4.18. The summed E-state index contributed by atoms with van der Waals surface area (Å²) in [6.07, 6.45) is 0. The van der Waals surface area contributed by atoms with Crippen LogP contribution < -0.4 is 11.1 Å². The summed E-state index contributed by atoms with van der Waals surface area (Å²) in [5, 5.41) is 13.2. The van der Waals surface area contributed by atoms with Crippen molar-refractivity contribution >= 4 is 38.9 Å². The van der Waals surface area contributed by atoms with Crippen molar-refractivity contribution in [3.8, 4) is 0 Å². The Balaban J connectivity index is 2.26. The molecule has 0 aliphatic rings. The maximum absolute atomic E-state index is 13.1. The first-order valence-corrected chi connectivity index (χ1v) is 6.48. The van der Waals surface area contributed by atoms with Crippen molar-refractivity contribution in [3.05, 3.63) is 62.4 Å². The maximum atomic E-state index is 13.1. The molecule has 21 heavy (non-hydrogen) atoms. The van der Waals surface area contributed by atoms with E-state index in [0.717, 1.165) is 12.1 Å². The van der Waals surface area contributed by atoms with Crippen LogP contribution in [0, 0.1) is 15.9 Å². The van der Waals surface area contributed by atoms with Crippen LogP contribution in [0.3, 0.4) is 0 Å². The van der Waals surface area contributed by atoms with Crippen molar-refractivity contribution in [1.82, 2.24) is 0 Å². The van der Waals surface area contributed by atoms with Crippen molar-refractivity contribution in [1.29, 1.82) is 0 Å². The van der Waals surface area contributed by atoms with Gasteiger partial charge in [-0.05, 0) is 46.3 Å². The molecule has 0 saturated heterocycles. The van der Waals surface area contributed by atoms with Crippen molar-refractivity contribution < 1.29 is 14.1 Å². The fourth-order valence-electron chi connectivity index (χ4n) is 1.66. The van der Waals surface area contributed by atoms with Gasteiger partial charge in [0.05, 0.1) is 15.0 Å². The molecule has 1 amide bonds. The van der Waals surface area contributed by atoms with Gasteiger partial charge in [-0.2, -0.15) is 0 Å². The van der Waals surface area contributed by atoms with Crippen molar-refractivity contribution in [2.45, 2.75) is 0 Å². The number of carbonyl (C=O) groups is 1. The zero-order chi connectivity index (χ0) is 15.6. The van der Waals surface area contributed by atoms with Gasteiger partial charge in [-0.25, -0.2) is 4.39 Å². The number of hydrogen-bond acceptors (Lipinski definition) is 4. The number of rotatable bonds is 3. The molecule has 2 aromatic carbocycles. The van der Waals surface area contributed by atoms with Gasteiger partial charge in [-0.15, -0.1) is 0 Å². The lowest BCUT2D eigenvalue weighted by Crippen LogP contribution is -2.14. The second kappa shape index (κ2) is 5.88. The molecule has 0 unspecified atom stereocenters. The maximum Gasteiger partial charge on any atom is 0.283 e. The number of anilines is 2. The lowest BCUT2D eigenvalue weighted by molar-refractivity contribution is -0.385. The minimum atomic E-state index is -0.604. The molecule has 0 spiro atoms. The van der Waals surface area contributed by atoms with E-state index < -0.39 is 16.6 Å². The van der Waals surface area contributed by atoms with Crippen molar-refractivity contribution in [3.63, 3.8) is 0 Å². The van der Waals surface area contributed by atoms with Crippen LogP contribution >= 0.6 is 15.9 Å². The second-order valence-corrected chi connectivity index (χ2v) is 4.96. The van der Waals surface area contributed by atoms with Crippen LogP contribution in [0.15, 0.2) is 40.9 Å². The van der Waals surface area contributed by atoms with Crippen molar-refractivity contribution in [2.24, 2.45) is 0 Å². The van der Waals surface area contributed by atoms with E-state index in [4.69, 9.17) is 5.73 Å². The molecule has 0 fully saturated rings. The van der Waals surface area contributed by atoms with Gasteiger partial charge in [-0.1, -0.05) is 0 Å². The Hall–Kier alpha value is -2.48. The summed E-state index contributed by atoms with van der Waals surface area (Å²) < 4.78 is 13.4. The van der Waals surface area contributed by atoms with E-state index in [1.807, 2.05) is 0 Å². The molecule has 0 aliphatic heterocycles. The Bertz CT molecular complexity index is 737. The summed E-state index contributed by atoms with van der Waals surface area (Å²) >= 11 is 3.04. The van der Waals surface area contributed by atoms with Gasteiger partial charge < -0.3 is 11.1 Å². The summed E-state index contributed by atoms with van der Waals surface area (Å²) in [5.41, 5.74) is 5.93. The van der Waals surface area contributed by atoms with E-state index in [1.54, 1.807) is 0 Å². The number of nitrogens with zero attached hydrogens (tertiary/aromatic N) is 1. The third kappa shape index (κ3) is 3.34. The summed E-state index contributed by atoms with van der Waals surface area (Å²) in [7, 11) is 0. The van der Waals surface area contributed by atoms with E-state index >= 15 is 0 Å². The van der Waals surface area contributed by atoms with Crippen LogP contribution in [0.4, 0.5) is 21.5 Å². The number of nitrogen functional groups attached to an aromatic ring is 1. The molecule has 108 valence electrons. The highest BCUT2D eigenvalue weighted by Gasteiger charge is 2.15. The normalized spacial score (nSPS) is 10.2. The summed E-state index contributed by atoms with van der Waals surface area (Å²) in [6, 6.07) is 7.45. The second-order valence-electron chi connectivity index (χ2n) is 4.11. The number of amides is 1. The first-order valence-electron chi connectivity index (χ1n) is 5.69. The first-order chi connectivity index (χ1) is 9.88. The highest BCUT2D eigenvalue weighted by molar-refractivity contribution is 9.10. The fraction of sp³-hybridized carbons (Fsp3) is 0. The molecule has 0 radical (unpaired) electrons. The number of benzene rings is 2. The number of nitro benzene ring substituents is 1. The number of nitro groups is 1. The van der Waals surface area contributed by atoms with Gasteiger partial charge >= 0.3 is 0 Å². The molecule has 0 saturated carbocycles. The van der Waals surface area contributed by atoms with E-state index in [9.17, 15) is 19.3 Å². The molecule has 0 heterocycles. The fourth-order valence-corrected chi connectivity index (χ4v) is 2.18. The largest absolute Gasteiger partial charge is 0.398 e. The van der Waals surface area contributed by atoms with Gasteiger partial charge in [-0.3, -0.25) is 14.9 Å². The minimum absolute atomic E-state index is 0.00975. The van der Waals surface area contributed by atoms with Crippen LogP contribution in [0.2, 0.25) is 0 Å². The highest BCUT2D eigenvalue weighted by Crippen LogP contribution is 2.28. The Labute approximate surface area is 127 Å². The molecule has 0 aliphatic carbocycles. The Morgan fingerprint density at radius 2 is 2.00 bits per heavy atom. The topological polar surface area (TPSA) is 98.3 Å². The lowest BCUT2D eigenvalue weighted by Gasteiger charge is -2.08. The zero-order valence-corrected chi connectivity index (χ0v) is 12.1. The quantitative estimate of drug-likeness (QED) is 0.502. The van der Waals surface area contributed by atoms with Crippen LogP contribution in [0.1, 0.15) is 10.4 Å². The van der Waals surface area contributed by atoms with Crippen molar-refractivity contribution in [2.75, 3.05) is 11.1 Å². The number of nitrogens with one attached hydrogen (secondary N) is 1. The highest BCUT2D eigenvalue weighted by atomic mass is 79.9. The average molecular weight is 354 g/mol. The van der Waals surface area contributed by atoms with Gasteiger partial charge in [0.1, 0.15) is 5.82 Å². The zero-order valence-electron chi connectivity index (χ0n) is 10.5. The number of hydrogen-bond donors (Lipinski definition) is 2. The Morgan fingerprint density at radius 3 is 2.62 bits per heavy atom. The third-order valence-electron chi connectivity index (χ3n) is 2.66. The smallest absolute Gasteiger partial charge is 0.283 e. The molecule has 6 nitrogen and oxygen atoms in total. The van der Waals surface area contributed by atoms with E-state index in [1.165, 1.54) is 24.3 Å².